The number of rotatable bonds is 3. The van der Waals surface area contributed by atoms with E-state index in [0.717, 1.165) is 24.1 Å². The first kappa shape index (κ1) is 13.5. The average molecular weight is 296 g/mol. The van der Waals surface area contributed by atoms with E-state index in [1.165, 1.54) is 6.07 Å². The molecule has 0 radical (unpaired) electrons. The summed E-state index contributed by atoms with van der Waals surface area (Å²) in [6.07, 6.45) is -3.54. The van der Waals surface area contributed by atoms with E-state index >= 15 is 0 Å². The van der Waals surface area contributed by atoms with Crippen LogP contribution < -0.4 is 5.73 Å². The molecule has 1 nitrogen and oxygen atoms in total. The smallest absolute Gasteiger partial charge is 0.330 e. The van der Waals surface area contributed by atoms with E-state index in [2.05, 4.69) is 15.9 Å². The Balaban J connectivity index is 3.00. The van der Waals surface area contributed by atoms with Gasteiger partial charge in [0.2, 0.25) is 0 Å². The molecule has 2 N–H and O–H groups in total. The zero-order chi connectivity index (χ0) is 12.3. The van der Waals surface area contributed by atoms with E-state index in [-0.39, 0.29) is 5.92 Å². The molecular weight excluding hydrogens is 283 g/mol. The fraction of sp³-hybridized carbons (Fsp3) is 0.455. The van der Waals surface area contributed by atoms with Gasteiger partial charge in [-0.2, -0.15) is 13.2 Å². The standard InChI is InChI=1S/C11H13BrF3N/c1-7(4-5-16)9-3-2-8(6-10(9)12)11(13,14)15/h2-3,6-7H,4-5,16H2,1H3. The van der Waals surface area contributed by atoms with E-state index in [1.807, 2.05) is 6.92 Å². The van der Waals surface area contributed by atoms with Gasteiger partial charge in [-0.3, -0.25) is 0 Å². The molecule has 0 aliphatic heterocycles. The van der Waals surface area contributed by atoms with Crippen LogP contribution in [0.5, 0.6) is 0 Å². The third-order valence-electron chi connectivity index (χ3n) is 2.46. The number of alkyl halides is 3. The van der Waals surface area contributed by atoms with Gasteiger partial charge in [0.25, 0.3) is 0 Å². The molecule has 90 valence electrons. The number of halogens is 4. The van der Waals surface area contributed by atoms with E-state index in [1.54, 1.807) is 0 Å². The van der Waals surface area contributed by atoms with Crippen molar-refractivity contribution in [3.8, 4) is 0 Å². The molecular formula is C11H13BrF3N. The molecule has 0 spiro atoms. The lowest BCUT2D eigenvalue weighted by Gasteiger charge is -2.15. The maximum Gasteiger partial charge on any atom is 0.416 e. The van der Waals surface area contributed by atoms with Crippen molar-refractivity contribution in [3.05, 3.63) is 33.8 Å². The van der Waals surface area contributed by atoms with Gasteiger partial charge in [-0.25, -0.2) is 0 Å². The monoisotopic (exact) mass is 295 g/mol. The van der Waals surface area contributed by atoms with Crippen molar-refractivity contribution in [2.75, 3.05) is 6.54 Å². The van der Waals surface area contributed by atoms with Crippen molar-refractivity contribution >= 4 is 15.9 Å². The van der Waals surface area contributed by atoms with Crippen molar-refractivity contribution in [3.63, 3.8) is 0 Å². The van der Waals surface area contributed by atoms with Crippen molar-refractivity contribution in [2.45, 2.75) is 25.4 Å². The summed E-state index contributed by atoms with van der Waals surface area (Å²) >= 11 is 3.17. The van der Waals surface area contributed by atoms with Crippen LogP contribution >= 0.6 is 15.9 Å². The molecule has 1 aromatic rings. The van der Waals surface area contributed by atoms with Gasteiger partial charge >= 0.3 is 6.18 Å². The van der Waals surface area contributed by atoms with Crippen LogP contribution in [0.3, 0.4) is 0 Å². The van der Waals surface area contributed by atoms with Crippen LogP contribution in [0, 0.1) is 0 Å². The highest BCUT2D eigenvalue weighted by Gasteiger charge is 2.31. The Hall–Kier alpha value is -0.550. The molecule has 0 bridgehead atoms. The van der Waals surface area contributed by atoms with E-state index in [9.17, 15) is 13.2 Å². The molecule has 1 rings (SSSR count). The molecule has 1 atom stereocenters. The fourth-order valence-corrected chi connectivity index (χ4v) is 2.28. The Morgan fingerprint density at radius 1 is 1.38 bits per heavy atom. The van der Waals surface area contributed by atoms with Gasteiger partial charge in [0.15, 0.2) is 0 Å². The number of hydrogen-bond donors (Lipinski definition) is 1. The Kier molecular flexibility index (Phi) is 4.38. The third-order valence-corrected chi connectivity index (χ3v) is 3.15. The molecule has 0 aromatic heterocycles. The molecule has 0 aliphatic rings. The molecule has 0 saturated heterocycles. The quantitative estimate of drug-likeness (QED) is 0.899. The molecule has 0 fully saturated rings. The lowest BCUT2D eigenvalue weighted by Crippen LogP contribution is -2.08. The first-order chi connectivity index (χ1) is 7.36. The minimum atomic E-state index is -4.29. The molecule has 1 aromatic carbocycles. The normalized spacial score (nSPS) is 13.9. The zero-order valence-corrected chi connectivity index (χ0v) is 10.4. The summed E-state index contributed by atoms with van der Waals surface area (Å²) in [4.78, 5) is 0. The van der Waals surface area contributed by atoms with Crippen molar-refractivity contribution < 1.29 is 13.2 Å². The highest BCUT2D eigenvalue weighted by molar-refractivity contribution is 9.10. The van der Waals surface area contributed by atoms with Gasteiger partial charge in [-0.15, -0.1) is 0 Å². The van der Waals surface area contributed by atoms with Gasteiger partial charge in [-0.1, -0.05) is 28.9 Å². The van der Waals surface area contributed by atoms with Crippen LogP contribution in [0.1, 0.15) is 30.4 Å². The first-order valence-corrected chi connectivity index (χ1v) is 5.72. The topological polar surface area (TPSA) is 26.0 Å². The summed E-state index contributed by atoms with van der Waals surface area (Å²) in [7, 11) is 0. The summed E-state index contributed by atoms with van der Waals surface area (Å²) in [6, 6.07) is 3.72. The molecule has 0 heterocycles. The van der Waals surface area contributed by atoms with Crippen molar-refractivity contribution in [2.24, 2.45) is 5.73 Å². The lowest BCUT2D eigenvalue weighted by atomic mass is 9.97. The van der Waals surface area contributed by atoms with Gasteiger partial charge in [0, 0.05) is 4.47 Å². The first-order valence-electron chi connectivity index (χ1n) is 4.93. The fourth-order valence-electron chi connectivity index (χ4n) is 1.51. The lowest BCUT2D eigenvalue weighted by molar-refractivity contribution is -0.137. The zero-order valence-electron chi connectivity index (χ0n) is 8.81. The largest absolute Gasteiger partial charge is 0.416 e. The Morgan fingerprint density at radius 2 is 2.00 bits per heavy atom. The minimum Gasteiger partial charge on any atom is -0.330 e. The Morgan fingerprint density at radius 3 is 2.44 bits per heavy atom. The average Bonchev–Trinajstić information content (AvgIpc) is 2.16. The van der Waals surface area contributed by atoms with E-state index < -0.39 is 11.7 Å². The van der Waals surface area contributed by atoms with Gasteiger partial charge in [0.1, 0.15) is 0 Å². The Bertz CT molecular complexity index is 363. The van der Waals surface area contributed by atoms with Crippen LogP contribution in [0.2, 0.25) is 0 Å². The maximum absolute atomic E-state index is 12.4. The molecule has 1 unspecified atom stereocenters. The summed E-state index contributed by atoms with van der Waals surface area (Å²) in [6.45, 7) is 2.47. The highest BCUT2D eigenvalue weighted by atomic mass is 79.9. The second-order valence-electron chi connectivity index (χ2n) is 3.71. The van der Waals surface area contributed by atoms with Crippen LogP contribution in [0.25, 0.3) is 0 Å². The number of nitrogens with two attached hydrogens (primary N) is 1. The predicted octanol–water partition coefficient (Wildman–Crippen LogP) is 3.92. The summed E-state index contributed by atoms with van der Waals surface area (Å²) in [5.74, 6) is 0.154. The van der Waals surface area contributed by atoms with Gasteiger partial charge in [0.05, 0.1) is 5.56 Å². The summed E-state index contributed by atoms with van der Waals surface area (Å²) < 4.78 is 37.7. The van der Waals surface area contributed by atoms with Crippen LogP contribution in [0.4, 0.5) is 13.2 Å². The van der Waals surface area contributed by atoms with Crippen LogP contribution in [-0.4, -0.2) is 6.54 Å². The van der Waals surface area contributed by atoms with Crippen LogP contribution in [-0.2, 0) is 6.18 Å². The summed E-state index contributed by atoms with van der Waals surface area (Å²) in [5.41, 5.74) is 5.64. The molecule has 5 heteroatoms. The number of benzene rings is 1. The van der Waals surface area contributed by atoms with Gasteiger partial charge in [-0.05, 0) is 36.6 Å². The van der Waals surface area contributed by atoms with Crippen LogP contribution in [0.15, 0.2) is 22.7 Å². The molecule has 0 saturated carbocycles. The second-order valence-corrected chi connectivity index (χ2v) is 4.57. The van der Waals surface area contributed by atoms with Crippen molar-refractivity contribution in [1.82, 2.24) is 0 Å². The predicted molar refractivity (Wildman–Crippen MR) is 61.2 cm³/mol. The molecule has 16 heavy (non-hydrogen) atoms. The van der Waals surface area contributed by atoms with E-state index in [0.29, 0.717) is 11.0 Å². The number of hydrogen-bond acceptors (Lipinski definition) is 1. The van der Waals surface area contributed by atoms with E-state index in [4.69, 9.17) is 5.73 Å². The molecule has 0 aliphatic carbocycles. The third kappa shape index (κ3) is 3.22. The SMILES string of the molecule is CC(CCN)c1ccc(C(F)(F)F)cc1Br. The summed E-state index contributed by atoms with van der Waals surface area (Å²) in [5, 5.41) is 0. The van der Waals surface area contributed by atoms with Gasteiger partial charge < -0.3 is 5.73 Å². The molecule has 0 amide bonds. The Labute approximate surface area is 101 Å². The minimum absolute atomic E-state index is 0.154. The highest BCUT2D eigenvalue weighted by Crippen LogP contribution is 2.34. The second kappa shape index (κ2) is 5.19. The maximum atomic E-state index is 12.4. The van der Waals surface area contributed by atoms with Crippen molar-refractivity contribution in [1.29, 1.82) is 0 Å².